The fraction of sp³-hybridized carbons (Fsp3) is 0.500. The Morgan fingerprint density at radius 3 is 2.90 bits per heavy atom. The lowest BCUT2D eigenvalue weighted by molar-refractivity contribution is -0.126. The van der Waals surface area contributed by atoms with Gasteiger partial charge in [-0.1, -0.05) is 30.7 Å². The molecule has 2 amide bonds. The van der Waals surface area contributed by atoms with Crippen molar-refractivity contribution in [2.24, 2.45) is 5.92 Å². The average Bonchev–Trinajstić information content (AvgIpc) is 2.95. The number of hydrogen-bond acceptors (Lipinski definition) is 2. The van der Waals surface area contributed by atoms with Crippen molar-refractivity contribution in [3.8, 4) is 0 Å². The highest BCUT2D eigenvalue weighted by atomic mass is 16.2. The van der Waals surface area contributed by atoms with Crippen LogP contribution in [-0.4, -0.2) is 17.9 Å². The molecule has 0 radical (unpaired) electrons. The first-order valence-corrected chi connectivity index (χ1v) is 7.24. The van der Waals surface area contributed by atoms with Crippen molar-refractivity contribution in [1.82, 2.24) is 10.6 Å². The van der Waals surface area contributed by atoms with Gasteiger partial charge < -0.3 is 10.6 Å². The van der Waals surface area contributed by atoms with Crippen LogP contribution in [0.4, 0.5) is 0 Å². The Bertz CT molecular complexity index is 568. The molecular formula is C16H20N2O2. The summed E-state index contributed by atoms with van der Waals surface area (Å²) in [5.74, 6) is 0.316. The van der Waals surface area contributed by atoms with Crippen LogP contribution in [-0.2, 0) is 16.0 Å². The zero-order chi connectivity index (χ0) is 14.3. The molecule has 3 rings (SSSR count). The van der Waals surface area contributed by atoms with Crippen LogP contribution in [0.15, 0.2) is 18.2 Å². The minimum atomic E-state index is -0.358. The van der Waals surface area contributed by atoms with Gasteiger partial charge in [-0.25, -0.2) is 0 Å². The van der Waals surface area contributed by atoms with E-state index in [1.165, 1.54) is 16.7 Å². The van der Waals surface area contributed by atoms with E-state index in [4.69, 9.17) is 0 Å². The molecule has 4 nitrogen and oxygen atoms in total. The van der Waals surface area contributed by atoms with Crippen LogP contribution in [0.3, 0.4) is 0 Å². The highest BCUT2D eigenvalue weighted by Gasteiger charge is 2.34. The number of fused-ring (bicyclic) bond motifs is 1. The molecule has 1 aromatic rings. The van der Waals surface area contributed by atoms with Gasteiger partial charge in [0.2, 0.25) is 11.8 Å². The molecule has 2 N–H and O–H groups in total. The second-order valence-electron chi connectivity index (χ2n) is 6.03. The Labute approximate surface area is 118 Å². The molecular weight excluding hydrogens is 252 g/mol. The molecule has 0 bridgehead atoms. The largest absolute Gasteiger partial charge is 0.347 e. The first-order valence-electron chi connectivity index (χ1n) is 7.24. The Morgan fingerprint density at radius 1 is 1.40 bits per heavy atom. The maximum Gasteiger partial charge on any atom is 0.243 e. The van der Waals surface area contributed by atoms with Gasteiger partial charge in [-0.2, -0.15) is 0 Å². The SMILES string of the molecule is Cc1ccc2c(c1)[C@H](NC(=O)[C@@H]1CCC(=O)N1)[C@@H](C)C2. The number of amides is 2. The van der Waals surface area contributed by atoms with Gasteiger partial charge in [0.05, 0.1) is 6.04 Å². The Morgan fingerprint density at radius 2 is 2.20 bits per heavy atom. The molecule has 1 heterocycles. The standard InChI is InChI=1S/C16H20N2O2/c1-9-3-4-11-8-10(2)15(12(11)7-9)18-16(20)13-5-6-14(19)17-13/h3-4,7,10,13,15H,5-6,8H2,1-2H3,(H,17,19)(H,18,20)/t10-,13-,15+/m0/s1. The van der Waals surface area contributed by atoms with Gasteiger partial charge in [0.15, 0.2) is 0 Å². The van der Waals surface area contributed by atoms with Crippen LogP contribution in [0.1, 0.15) is 42.5 Å². The number of rotatable bonds is 2. The predicted molar refractivity (Wildman–Crippen MR) is 76.1 cm³/mol. The first kappa shape index (κ1) is 13.2. The van der Waals surface area contributed by atoms with Gasteiger partial charge in [-0.3, -0.25) is 9.59 Å². The number of carbonyl (C=O) groups excluding carboxylic acids is 2. The van der Waals surface area contributed by atoms with Crippen molar-refractivity contribution < 1.29 is 9.59 Å². The zero-order valence-corrected chi connectivity index (χ0v) is 11.9. The molecule has 1 fully saturated rings. The Hall–Kier alpha value is -1.84. The minimum Gasteiger partial charge on any atom is -0.347 e. The predicted octanol–water partition coefficient (Wildman–Crippen LogP) is 1.62. The lowest BCUT2D eigenvalue weighted by Crippen LogP contribution is -2.43. The summed E-state index contributed by atoms with van der Waals surface area (Å²) in [6, 6.07) is 6.15. The van der Waals surface area contributed by atoms with E-state index in [9.17, 15) is 9.59 Å². The summed E-state index contributed by atoms with van der Waals surface area (Å²) in [5, 5.41) is 5.85. The smallest absolute Gasteiger partial charge is 0.243 e. The average molecular weight is 272 g/mol. The van der Waals surface area contributed by atoms with Crippen LogP contribution < -0.4 is 10.6 Å². The molecule has 0 aromatic heterocycles. The normalized spacial score (nSPS) is 28.1. The minimum absolute atomic E-state index is 0.0270. The van der Waals surface area contributed by atoms with Gasteiger partial charge in [0.25, 0.3) is 0 Å². The lowest BCUT2D eigenvalue weighted by Gasteiger charge is -2.21. The highest BCUT2D eigenvalue weighted by Crippen LogP contribution is 2.36. The molecule has 106 valence electrons. The molecule has 1 aliphatic heterocycles. The van der Waals surface area contributed by atoms with Crippen molar-refractivity contribution in [3.05, 3.63) is 34.9 Å². The molecule has 1 saturated heterocycles. The molecule has 1 aromatic carbocycles. The quantitative estimate of drug-likeness (QED) is 0.859. The number of benzene rings is 1. The van der Waals surface area contributed by atoms with E-state index in [1.54, 1.807) is 0 Å². The van der Waals surface area contributed by atoms with E-state index in [2.05, 4.69) is 42.7 Å². The molecule has 2 aliphatic rings. The molecule has 0 spiro atoms. The van der Waals surface area contributed by atoms with Crippen LogP contribution >= 0.6 is 0 Å². The molecule has 20 heavy (non-hydrogen) atoms. The molecule has 0 unspecified atom stereocenters. The van der Waals surface area contributed by atoms with Crippen molar-refractivity contribution >= 4 is 11.8 Å². The third kappa shape index (κ3) is 2.30. The zero-order valence-electron chi connectivity index (χ0n) is 11.9. The van der Waals surface area contributed by atoms with E-state index in [1.807, 2.05) is 0 Å². The summed E-state index contributed by atoms with van der Waals surface area (Å²) >= 11 is 0. The number of hydrogen-bond donors (Lipinski definition) is 2. The maximum atomic E-state index is 12.3. The van der Waals surface area contributed by atoms with Crippen LogP contribution in [0.5, 0.6) is 0 Å². The van der Waals surface area contributed by atoms with Crippen LogP contribution in [0, 0.1) is 12.8 Å². The van der Waals surface area contributed by atoms with Gasteiger partial charge >= 0.3 is 0 Å². The first-order chi connectivity index (χ1) is 9.54. The van der Waals surface area contributed by atoms with E-state index in [0.717, 1.165) is 6.42 Å². The summed E-state index contributed by atoms with van der Waals surface area (Å²) in [6.07, 6.45) is 2.05. The third-order valence-electron chi connectivity index (χ3n) is 4.36. The molecule has 3 atom stereocenters. The topological polar surface area (TPSA) is 58.2 Å². The molecule has 1 aliphatic carbocycles. The summed E-state index contributed by atoms with van der Waals surface area (Å²) in [6.45, 7) is 4.23. The second kappa shape index (κ2) is 4.93. The third-order valence-corrected chi connectivity index (χ3v) is 4.36. The van der Waals surface area contributed by atoms with Crippen LogP contribution in [0.25, 0.3) is 0 Å². The summed E-state index contributed by atoms with van der Waals surface area (Å²) in [5.41, 5.74) is 3.77. The molecule has 4 heteroatoms. The van der Waals surface area contributed by atoms with Gasteiger partial charge in [-0.15, -0.1) is 0 Å². The fourth-order valence-electron chi connectivity index (χ4n) is 3.25. The van der Waals surface area contributed by atoms with E-state index in [0.29, 0.717) is 18.8 Å². The Kier molecular flexibility index (Phi) is 3.24. The van der Waals surface area contributed by atoms with Crippen molar-refractivity contribution in [2.45, 2.75) is 45.2 Å². The summed E-state index contributed by atoms with van der Waals surface area (Å²) in [4.78, 5) is 23.5. The fourth-order valence-corrected chi connectivity index (χ4v) is 3.25. The second-order valence-corrected chi connectivity index (χ2v) is 6.03. The van der Waals surface area contributed by atoms with Gasteiger partial charge in [0.1, 0.15) is 6.04 Å². The van der Waals surface area contributed by atoms with E-state index in [-0.39, 0.29) is 23.9 Å². The Balaban J connectivity index is 1.76. The van der Waals surface area contributed by atoms with Crippen molar-refractivity contribution in [2.75, 3.05) is 0 Å². The highest BCUT2D eigenvalue weighted by molar-refractivity contribution is 5.91. The van der Waals surface area contributed by atoms with E-state index >= 15 is 0 Å². The maximum absolute atomic E-state index is 12.3. The van der Waals surface area contributed by atoms with E-state index < -0.39 is 0 Å². The van der Waals surface area contributed by atoms with Crippen LogP contribution in [0.2, 0.25) is 0 Å². The number of nitrogens with one attached hydrogen (secondary N) is 2. The van der Waals surface area contributed by atoms with Crippen molar-refractivity contribution in [1.29, 1.82) is 0 Å². The van der Waals surface area contributed by atoms with Crippen molar-refractivity contribution in [3.63, 3.8) is 0 Å². The number of carbonyl (C=O) groups is 2. The lowest BCUT2D eigenvalue weighted by atomic mass is 10.0. The number of aryl methyl sites for hydroxylation is 1. The monoisotopic (exact) mass is 272 g/mol. The summed E-state index contributed by atoms with van der Waals surface area (Å²) in [7, 11) is 0. The molecule has 0 saturated carbocycles. The van der Waals surface area contributed by atoms with Gasteiger partial charge in [0, 0.05) is 6.42 Å². The summed E-state index contributed by atoms with van der Waals surface area (Å²) < 4.78 is 0. The van der Waals surface area contributed by atoms with Gasteiger partial charge in [-0.05, 0) is 36.8 Å².